The quantitative estimate of drug-likeness (QED) is 0.814. The van der Waals surface area contributed by atoms with Crippen molar-refractivity contribution >= 4 is 17.3 Å². The molecule has 0 aliphatic rings. The van der Waals surface area contributed by atoms with Gasteiger partial charge in [0.25, 0.3) is 0 Å². The molecule has 0 unspecified atom stereocenters. The fourth-order valence-electron chi connectivity index (χ4n) is 1.39. The predicted octanol–water partition coefficient (Wildman–Crippen LogP) is 4.16. The Morgan fingerprint density at radius 3 is 2.59 bits per heavy atom. The number of benzene rings is 2. The van der Waals surface area contributed by atoms with Gasteiger partial charge in [-0.3, -0.25) is 0 Å². The number of nitrogens with two attached hydrogens (primary N) is 1. The van der Waals surface area contributed by atoms with Crippen LogP contribution in [0.4, 0.5) is 10.1 Å². The van der Waals surface area contributed by atoms with Gasteiger partial charge < -0.3 is 10.5 Å². The van der Waals surface area contributed by atoms with E-state index < -0.39 is 5.82 Å². The number of aryl methyl sites for hydroxylation is 1. The number of hydrogen-bond donors (Lipinski definition) is 1. The van der Waals surface area contributed by atoms with Gasteiger partial charge in [0.2, 0.25) is 0 Å². The van der Waals surface area contributed by atoms with Crippen LogP contribution in [0, 0.1) is 12.7 Å². The summed E-state index contributed by atoms with van der Waals surface area (Å²) in [6, 6.07) is 9.43. The zero-order valence-corrected chi connectivity index (χ0v) is 9.96. The highest BCUT2D eigenvalue weighted by Gasteiger charge is 2.08. The van der Waals surface area contributed by atoms with E-state index in [1.807, 2.05) is 6.92 Å². The average Bonchev–Trinajstić information content (AvgIpc) is 2.29. The summed E-state index contributed by atoms with van der Waals surface area (Å²) >= 11 is 5.98. The first-order valence-corrected chi connectivity index (χ1v) is 5.43. The van der Waals surface area contributed by atoms with Crippen LogP contribution >= 0.6 is 11.6 Å². The molecule has 17 heavy (non-hydrogen) atoms. The zero-order valence-electron chi connectivity index (χ0n) is 9.21. The molecule has 2 aromatic rings. The standard InChI is InChI=1S/C13H11ClFNO/c1-8-6-13(9(14)7-11(8)16)17-12-5-3-2-4-10(12)15/h2-7H,16H2,1H3. The van der Waals surface area contributed by atoms with Crippen LogP contribution in [0.1, 0.15) is 5.56 Å². The van der Waals surface area contributed by atoms with E-state index in [0.717, 1.165) is 5.56 Å². The van der Waals surface area contributed by atoms with Crippen molar-refractivity contribution in [1.82, 2.24) is 0 Å². The molecule has 2 nitrogen and oxygen atoms in total. The first kappa shape index (κ1) is 11.7. The highest BCUT2D eigenvalue weighted by molar-refractivity contribution is 6.32. The number of anilines is 1. The smallest absolute Gasteiger partial charge is 0.165 e. The Bertz CT molecular complexity index is 557. The minimum Gasteiger partial charge on any atom is -0.453 e. The highest BCUT2D eigenvalue weighted by atomic mass is 35.5. The van der Waals surface area contributed by atoms with Crippen LogP contribution in [0.5, 0.6) is 11.5 Å². The molecular formula is C13H11ClFNO. The molecule has 2 N–H and O–H groups in total. The van der Waals surface area contributed by atoms with Crippen LogP contribution in [-0.4, -0.2) is 0 Å². The lowest BCUT2D eigenvalue weighted by molar-refractivity contribution is 0.442. The van der Waals surface area contributed by atoms with Gasteiger partial charge >= 0.3 is 0 Å². The molecule has 0 aliphatic carbocycles. The van der Waals surface area contributed by atoms with Gasteiger partial charge in [0.05, 0.1) is 5.02 Å². The van der Waals surface area contributed by atoms with Gasteiger partial charge in [-0.05, 0) is 36.8 Å². The van der Waals surface area contributed by atoms with E-state index in [0.29, 0.717) is 16.5 Å². The number of hydrogen-bond acceptors (Lipinski definition) is 2. The van der Waals surface area contributed by atoms with Gasteiger partial charge in [-0.25, -0.2) is 4.39 Å². The Hall–Kier alpha value is -1.74. The van der Waals surface area contributed by atoms with E-state index in [2.05, 4.69) is 0 Å². The molecule has 0 saturated heterocycles. The molecule has 2 aromatic carbocycles. The van der Waals surface area contributed by atoms with Crippen molar-refractivity contribution in [2.45, 2.75) is 6.92 Å². The summed E-state index contributed by atoms with van der Waals surface area (Å²) in [4.78, 5) is 0. The lowest BCUT2D eigenvalue weighted by Crippen LogP contribution is -1.93. The summed E-state index contributed by atoms with van der Waals surface area (Å²) < 4.78 is 18.8. The topological polar surface area (TPSA) is 35.2 Å². The summed E-state index contributed by atoms with van der Waals surface area (Å²) in [6.45, 7) is 1.83. The van der Waals surface area contributed by atoms with Crippen LogP contribution in [-0.2, 0) is 0 Å². The summed E-state index contributed by atoms with van der Waals surface area (Å²) in [7, 11) is 0. The van der Waals surface area contributed by atoms with Crippen LogP contribution in [0.2, 0.25) is 5.02 Å². The number of halogens is 2. The molecule has 0 heterocycles. The molecule has 2 rings (SSSR count). The van der Waals surface area contributed by atoms with Crippen LogP contribution in [0.3, 0.4) is 0 Å². The van der Waals surface area contributed by atoms with Gasteiger partial charge in [0, 0.05) is 5.69 Å². The molecule has 0 atom stereocenters. The predicted molar refractivity (Wildman–Crippen MR) is 67.1 cm³/mol. The second-order valence-electron chi connectivity index (χ2n) is 3.67. The van der Waals surface area contributed by atoms with Crippen molar-refractivity contribution < 1.29 is 9.13 Å². The molecule has 0 aliphatic heterocycles. The Balaban J connectivity index is 2.37. The van der Waals surface area contributed by atoms with E-state index in [1.54, 1.807) is 24.3 Å². The van der Waals surface area contributed by atoms with Crippen molar-refractivity contribution in [3.05, 3.63) is 52.8 Å². The molecule has 0 saturated carbocycles. The third-order valence-corrected chi connectivity index (χ3v) is 2.67. The summed E-state index contributed by atoms with van der Waals surface area (Å²) in [5, 5.41) is 0.358. The number of para-hydroxylation sites is 1. The molecule has 88 valence electrons. The first-order chi connectivity index (χ1) is 8.08. The fraction of sp³-hybridized carbons (Fsp3) is 0.0769. The fourth-order valence-corrected chi connectivity index (χ4v) is 1.61. The Kier molecular flexibility index (Phi) is 3.20. The van der Waals surface area contributed by atoms with E-state index in [4.69, 9.17) is 22.1 Å². The van der Waals surface area contributed by atoms with Crippen molar-refractivity contribution in [3.8, 4) is 11.5 Å². The minimum atomic E-state index is -0.432. The molecule has 0 bridgehead atoms. The van der Waals surface area contributed by atoms with E-state index >= 15 is 0 Å². The second kappa shape index (κ2) is 4.63. The van der Waals surface area contributed by atoms with Crippen molar-refractivity contribution in [2.75, 3.05) is 5.73 Å². The Morgan fingerprint density at radius 1 is 1.18 bits per heavy atom. The minimum absolute atomic E-state index is 0.138. The number of ether oxygens (including phenoxy) is 1. The second-order valence-corrected chi connectivity index (χ2v) is 4.08. The Morgan fingerprint density at radius 2 is 1.88 bits per heavy atom. The van der Waals surface area contributed by atoms with E-state index in [9.17, 15) is 4.39 Å². The van der Waals surface area contributed by atoms with Gasteiger partial charge in [0.1, 0.15) is 5.75 Å². The van der Waals surface area contributed by atoms with Crippen molar-refractivity contribution in [3.63, 3.8) is 0 Å². The maximum Gasteiger partial charge on any atom is 0.165 e. The van der Waals surface area contributed by atoms with Gasteiger partial charge in [-0.1, -0.05) is 23.7 Å². The summed E-state index contributed by atoms with van der Waals surface area (Å²) in [5.74, 6) is 0.0973. The summed E-state index contributed by atoms with van der Waals surface area (Å²) in [6.07, 6.45) is 0. The largest absolute Gasteiger partial charge is 0.453 e. The van der Waals surface area contributed by atoms with Gasteiger partial charge in [0.15, 0.2) is 11.6 Å². The molecule has 0 amide bonds. The monoisotopic (exact) mass is 251 g/mol. The third-order valence-electron chi connectivity index (χ3n) is 2.38. The average molecular weight is 252 g/mol. The van der Waals surface area contributed by atoms with Crippen molar-refractivity contribution in [2.24, 2.45) is 0 Å². The van der Waals surface area contributed by atoms with E-state index in [-0.39, 0.29) is 5.75 Å². The molecule has 4 heteroatoms. The maximum atomic E-state index is 13.4. The Labute approximate surface area is 104 Å². The van der Waals surface area contributed by atoms with Gasteiger partial charge in [-0.2, -0.15) is 0 Å². The van der Waals surface area contributed by atoms with Crippen LogP contribution in [0.15, 0.2) is 36.4 Å². The normalized spacial score (nSPS) is 10.3. The van der Waals surface area contributed by atoms with Crippen molar-refractivity contribution in [1.29, 1.82) is 0 Å². The van der Waals surface area contributed by atoms with E-state index in [1.165, 1.54) is 12.1 Å². The third kappa shape index (κ3) is 2.50. The highest BCUT2D eigenvalue weighted by Crippen LogP contribution is 2.33. The zero-order chi connectivity index (χ0) is 12.4. The van der Waals surface area contributed by atoms with Gasteiger partial charge in [-0.15, -0.1) is 0 Å². The first-order valence-electron chi connectivity index (χ1n) is 5.06. The molecule has 0 fully saturated rings. The number of rotatable bonds is 2. The maximum absolute atomic E-state index is 13.4. The SMILES string of the molecule is Cc1cc(Oc2ccccc2F)c(Cl)cc1N. The molecule has 0 aromatic heterocycles. The molecule has 0 radical (unpaired) electrons. The molecule has 0 spiro atoms. The molecular weight excluding hydrogens is 241 g/mol. The van der Waals surface area contributed by atoms with Crippen LogP contribution < -0.4 is 10.5 Å². The van der Waals surface area contributed by atoms with Crippen LogP contribution in [0.25, 0.3) is 0 Å². The lowest BCUT2D eigenvalue weighted by Gasteiger charge is -2.10. The summed E-state index contributed by atoms with van der Waals surface area (Å²) in [5.41, 5.74) is 7.11. The number of nitrogen functional groups attached to an aromatic ring is 1. The lowest BCUT2D eigenvalue weighted by atomic mass is 10.2.